The monoisotopic (exact) mass is 409 g/mol. The summed E-state index contributed by atoms with van der Waals surface area (Å²) in [5.41, 5.74) is 2.66. The maximum atomic E-state index is 12.5. The molecule has 0 fully saturated rings. The summed E-state index contributed by atoms with van der Waals surface area (Å²) < 4.78 is 6.79. The number of carbonyl (C=O) groups is 1. The first-order chi connectivity index (χ1) is 12.6. The van der Waals surface area contributed by atoms with E-state index in [1.54, 1.807) is 0 Å². The molecule has 0 aliphatic heterocycles. The molecule has 1 N–H and O–H groups in total. The standard InChI is InChI=1S/C22H20BrNO2/c1-16(18-7-3-2-4-8-18)24-22(25)19-9-5-6-17(14-19)15-26-21-12-10-20(23)11-13-21/h2-14,16H,15H2,1H3,(H,24,25). The number of amides is 1. The zero-order chi connectivity index (χ0) is 18.4. The Morgan fingerprint density at radius 1 is 1.00 bits per heavy atom. The molecule has 0 spiro atoms. The van der Waals surface area contributed by atoms with Gasteiger partial charge < -0.3 is 10.1 Å². The second-order valence-corrected chi connectivity index (χ2v) is 6.96. The molecule has 0 aromatic heterocycles. The van der Waals surface area contributed by atoms with Crippen molar-refractivity contribution in [3.63, 3.8) is 0 Å². The van der Waals surface area contributed by atoms with E-state index in [1.807, 2.05) is 85.8 Å². The Kier molecular flexibility index (Phi) is 6.08. The van der Waals surface area contributed by atoms with E-state index in [0.717, 1.165) is 21.3 Å². The lowest BCUT2D eigenvalue weighted by molar-refractivity contribution is 0.0939. The molecule has 4 heteroatoms. The molecule has 1 unspecified atom stereocenters. The molecule has 3 nitrogen and oxygen atoms in total. The second kappa shape index (κ2) is 8.68. The third-order valence-electron chi connectivity index (χ3n) is 4.06. The summed E-state index contributed by atoms with van der Waals surface area (Å²) in [6.07, 6.45) is 0. The fraction of sp³-hybridized carbons (Fsp3) is 0.136. The number of benzene rings is 3. The van der Waals surface area contributed by atoms with E-state index < -0.39 is 0 Å². The molecule has 0 heterocycles. The van der Waals surface area contributed by atoms with Gasteiger partial charge in [0.1, 0.15) is 12.4 Å². The van der Waals surface area contributed by atoms with Gasteiger partial charge >= 0.3 is 0 Å². The van der Waals surface area contributed by atoms with E-state index in [2.05, 4.69) is 21.2 Å². The van der Waals surface area contributed by atoms with Gasteiger partial charge in [-0.1, -0.05) is 58.4 Å². The van der Waals surface area contributed by atoms with Gasteiger partial charge in [0, 0.05) is 10.0 Å². The molecule has 0 aliphatic rings. The average Bonchev–Trinajstić information content (AvgIpc) is 2.68. The lowest BCUT2D eigenvalue weighted by Crippen LogP contribution is -2.26. The predicted octanol–water partition coefficient (Wildman–Crippen LogP) is 5.52. The van der Waals surface area contributed by atoms with E-state index in [-0.39, 0.29) is 11.9 Å². The topological polar surface area (TPSA) is 38.3 Å². The average molecular weight is 410 g/mol. The zero-order valence-corrected chi connectivity index (χ0v) is 16.1. The molecule has 132 valence electrons. The molecule has 0 saturated heterocycles. The van der Waals surface area contributed by atoms with Crippen LogP contribution in [0.2, 0.25) is 0 Å². The van der Waals surface area contributed by atoms with Gasteiger partial charge in [-0.15, -0.1) is 0 Å². The van der Waals surface area contributed by atoms with Gasteiger partial charge in [0.15, 0.2) is 0 Å². The summed E-state index contributed by atoms with van der Waals surface area (Å²) in [4.78, 5) is 12.5. The maximum Gasteiger partial charge on any atom is 0.251 e. The quantitative estimate of drug-likeness (QED) is 0.581. The summed E-state index contributed by atoms with van der Waals surface area (Å²) >= 11 is 3.40. The fourth-order valence-corrected chi connectivity index (χ4v) is 2.87. The van der Waals surface area contributed by atoms with E-state index in [1.165, 1.54) is 0 Å². The minimum absolute atomic E-state index is 0.0497. The van der Waals surface area contributed by atoms with Crippen molar-refractivity contribution < 1.29 is 9.53 Å². The molecule has 0 aliphatic carbocycles. The Morgan fingerprint density at radius 3 is 2.46 bits per heavy atom. The van der Waals surface area contributed by atoms with Crippen LogP contribution in [-0.2, 0) is 6.61 Å². The molecule has 26 heavy (non-hydrogen) atoms. The van der Waals surface area contributed by atoms with Crippen LogP contribution in [0.25, 0.3) is 0 Å². The maximum absolute atomic E-state index is 12.5. The van der Waals surface area contributed by atoms with E-state index >= 15 is 0 Å². The predicted molar refractivity (Wildman–Crippen MR) is 107 cm³/mol. The molecule has 1 amide bonds. The van der Waals surface area contributed by atoms with Crippen molar-refractivity contribution in [2.45, 2.75) is 19.6 Å². The molecule has 3 rings (SSSR count). The van der Waals surface area contributed by atoms with Gasteiger partial charge in [0.2, 0.25) is 0 Å². The number of hydrogen-bond donors (Lipinski definition) is 1. The van der Waals surface area contributed by atoms with Crippen molar-refractivity contribution in [3.05, 3.63) is 100 Å². The fourth-order valence-electron chi connectivity index (χ4n) is 2.60. The highest BCUT2D eigenvalue weighted by Crippen LogP contribution is 2.18. The van der Waals surface area contributed by atoms with Gasteiger partial charge in [0.25, 0.3) is 5.91 Å². The van der Waals surface area contributed by atoms with Crippen LogP contribution in [0.1, 0.15) is 34.5 Å². The molecule has 3 aromatic rings. The lowest BCUT2D eigenvalue weighted by Gasteiger charge is -2.15. The summed E-state index contributed by atoms with van der Waals surface area (Å²) in [5.74, 6) is 0.701. The summed E-state index contributed by atoms with van der Waals surface area (Å²) in [6.45, 7) is 2.39. The van der Waals surface area contributed by atoms with Crippen molar-refractivity contribution >= 4 is 21.8 Å². The lowest BCUT2D eigenvalue weighted by atomic mass is 10.1. The molecule has 3 aromatic carbocycles. The molecular weight excluding hydrogens is 390 g/mol. The highest BCUT2D eigenvalue weighted by molar-refractivity contribution is 9.10. The molecule has 1 atom stereocenters. The van der Waals surface area contributed by atoms with Gasteiger partial charge in [0.05, 0.1) is 6.04 Å². The smallest absolute Gasteiger partial charge is 0.251 e. The van der Waals surface area contributed by atoms with Gasteiger partial charge in [-0.25, -0.2) is 0 Å². The number of nitrogens with one attached hydrogen (secondary N) is 1. The third-order valence-corrected chi connectivity index (χ3v) is 4.58. The van der Waals surface area contributed by atoms with Crippen molar-refractivity contribution in [2.24, 2.45) is 0 Å². The van der Waals surface area contributed by atoms with Crippen LogP contribution >= 0.6 is 15.9 Å². The minimum Gasteiger partial charge on any atom is -0.489 e. The number of carbonyl (C=O) groups excluding carboxylic acids is 1. The second-order valence-electron chi connectivity index (χ2n) is 6.05. The van der Waals surface area contributed by atoms with Crippen LogP contribution in [0.3, 0.4) is 0 Å². The van der Waals surface area contributed by atoms with Crippen molar-refractivity contribution in [1.82, 2.24) is 5.32 Å². The highest BCUT2D eigenvalue weighted by Gasteiger charge is 2.11. The molecular formula is C22H20BrNO2. The zero-order valence-electron chi connectivity index (χ0n) is 14.5. The van der Waals surface area contributed by atoms with Crippen LogP contribution in [0, 0.1) is 0 Å². The van der Waals surface area contributed by atoms with Crippen molar-refractivity contribution in [2.75, 3.05) is 0 Å². The number of halogens is 1. The Bertz CT molecular complexity index is 863. The van der Waals surface area contributed by atoms with Crippen molar-refractivity contribution in [3.8, 4) is 5.75 Å². The first kappa shape index (κ1) is 18.2. The van der Waals surface area contributed by atoms with Crippen LogP contribution in [-0.4, -0.2) is 5.91 Å². The Balaban J connectivity index is 1.62. The molecule has 0 bridgehead atoms. The summed E-state index contributed by atoms with van der Waals surface area (Å²) in [7, 11) is 0. The van der Waals surface area contributed by atoms with Crippen LogP contribution in [0.5, 0.6) is 5.75 Å². The number of ether oxygens (including phenoxy) is 1. The Hall–Kier alpha value is -2.59. The van der Waals surface area contributed by atoms with Crippen LogP contribution < -0.4 is 10.1 Å². The first-order valence-electron chi connectivity index (χ1n) is 8.45. The summed E-state index contributed by atoms with van der Waals surface area (Å²) in [5, 5.41) is 3.03. The largest absolute Gasteiger partial charge is 0.489 e. The normalized spacial score (nSPS) is 11.6. The van der Waals surface area contributed by atoms with Crippen molar-refractivity contribution in [1.29, 1.82) is 0 Å². The Morgan fingerprint density at radius 2 is 1.73 bits per heavy atom. The SMILES string of the molecule is CC(NC(=O)c1cccc(COc2ccc(Br)cc2)c1)c1ccccc1. The molecule has 0 saturated carbocycles. The number of rotatable bonds is 6. The van der Waals surface area contributed by atoms with Gasteiger partial charge in [-0.05, 0) is 54.4 Å². The number of hydrogen-bond acceptors (Lipinski definition) is 2. The van der Waals surface area contributed by atoms with E-state index in [4.69, 9.17) is 4.74 Å². The molecule has 0 radical (unpaired) electrons. The van der Waals surface area contributed by atoms with Gasteiger partial charge in [-0.3, -0.25) is 4.79 Å². The van der Waals surface area contributed by atoms with Gasteiger partial charge in [-0.2, -0.15) is 0 Å². The first-order valence-corrected chi connectivity index (χ1v) is 9.24. The van der Waals surface area contributed by atoms with E-state index in [9.17, 15) is 4.79 Å². The van der Waals surface area contributed by atoms with E-state index in [0.29, 0.717) is 12.2 Å². The summed E-state index contributed by atoms with van der Waals surface area (Å²) in [6, 6.07) is 25.1. The minimum atomic E-state index is -0.0909. The highest BCUT2D eigenvalue weighted by atomic mass is 79.9. The van der Waals surface area contributed by atoms with Crippen LogP contribution in [0.15, 0.2) is 83.3 Å². The Labute approximate surface area is 162 Å². The van der Waals surface area contributed by atoms with Crippen LogP contribution in [0.4, 0.5) is 0 Å². The third kappa shape index (κ3) is 4.96.